The fraction of sp³-hybridized carbons (Fsp3) is 0.250. The van der Waals surface area contributed by atoms with Crippen molar-refractivity contribution in [3.8, 4) is 6.07 Å². The quantitative estimate of drug-likeness (QED) is 0.429. The number of hydrogen-bond acceptors (Lipinski definition) is 5. The van der Waals surface area contributed by atoms with Gasteiger partial charge >= 0.3 is 5.82 Å². The normalized spacial score (nSPS) is 9.00. The van der Waals surface area contributed by atoms with Crippen molar-refractivity contribution in [1.29, 1.82) is 5.26 Å². The summed E-state index contributed by atoms with van der Waals surface area (Å²) < 4.78 is 1.10. The highest BCUT2D eigenvalue weighted by molar-refractivity contribution is 5.09. The summed E-state index contributed by atoms with van der Waals surface area (Å²) in [6.45, 7) is -0.0269. The molecule has 0 aliphatic heterocycles. The van der Waals surface area contributed by atoms with E-state index in [1.807, 2.05) is 0 Å². The van der Waals surface area contributed by atoms with Gasteiger partial charge < -0.3 is 10.1 Å². The smallest absolute Gasteiger partial charge is 0.358 e. The van der Waals surface area contributed by atoms with Crippen LogP contribution in [-0.4, -0.2) is 19.9 Å². The molecule has 0 fully saturated rings. The molecule has 0 radical (unpaired) electrons. The summed E-state index contributed by atoms with van der Waals surface area (Å²) in [4.78, 5) is 9.36. The molecule has 0 N–H and O–H groups in total. The zero-order valence-electron chi connectivity index (χ0n) is 5.34. The highest BCUT2D eigenvalue weighted by Gasteiger charge is 2.10. The highest BCUT2D eigenvalue weighted by atomic mass is 16.6. The van der Waals surface area contributed by atoms with Gasteiger partial charge in [-0.25, -0.2) is 4.68 Å². The third-order valence-electron chi connectivity index (χ3n) is 0.946. The minimum absolute atomic E-state index is 0.0269. The number of nitriles is 1. The van der Waals surface area contributed by atoms with E-state index in [1.165, 1.54) is 0 Å². The molecule has 1 rings (SSSR count). The monoisotopic (exact) mass is 153 g/mol. The van der Waals surface area contributed by atoms with Crippen LogP contribution in [0.4, 0.5) is 5.82 Å². The van der Waals surface area contributed by atoms with Crippen molar-refractivity contribution in [1.82, 2.24) is 15.0 Å². The van der Waals surface area contributed by atoms with Gasteiger partial charge in [-0.1, -0.05) is 0 Å². The van der Waals surface area contributed by atoms with Crippen LogP contribution in [-0.2, 0) is 6.54 Å². The maximum Gasteiger partial charge on any atom is 0.410 e. The van der Waals surface area contributed by atoms with E-state index in [1.54, 1.807) is 6.07 Å². The predicted octanol–water partition coefficient (Wildman–Crippen LogP) is -0.290. The van der Waals surface area contributed by atoms with Gasteiger partial charge in [0.15, 0.2) is 0 Å². The first-order chi connectivity index (χ1) is 5.24. The molecule has 1 heterocycles. The Bertz CT molecular complexity index is 311. The molecule has 0 unspecified atom stereocenters. The second kappa shape index (κ2) is 2.74. The Kier molecular flexibility index (Phi) is 1.78. The number of nitrogens with zero attached hydrogens (tertiary/aromatic N) is 5. The molecule has 0 spiro atoms. The van der Waals surface area contributed by atoms with Gasteiger partial charge in [0.05, 0.1) is 11.3 Å². The van der Waals surface area contributed by atoms with Gasteiger partial charge in [-0.15, -0.1) is 0 Å². The van der Waals surface area contributed by atoms with Gasteiger partial charge in [-0.3, -0.25) is 0 Å². The number of nitro groups is 1. The molecule has 0 saturated carbocycles. The summed E-state index contributed by atoms with van der Waals surface area (Å²) >= 11 is 0. The van der Waals surface area contributed by atoms with Gasteiger partial charge in [0.2, 0.25) is 0 Å². The van der Waals surface area contributed by atoms with E-state index in [4.69, 9.17) is 5.26 Å². The average molecular weight is 153 g/mol. The third kappa shape index (κ3) is 1.48. The van der Waals surface area contributed by atoms with Crippen molar-refractivity contribution in [2.45, 2.75) is 6.54 Å². The van der Waals surface area contributed by atoms with Crippen LogP contribution < -0.4 is 0 Å². The van der Waals surface area contributed by atoms with Crippen LogP contribution in [0.25, 0.3) is 0 Å². The van der Waals surface area contributed by atoms with E-state index in [0.29, 0.717) is 0 Å². The van der Waals surface area contributed by atoms with Gasteiger partial charge in [0, 0.05) is 0 Å². The molecule has 11 heavy (non-hydrogen) atoms. The Morgan fingerprint density at radius 1 is 1.91 bits per heavy atom. The van der Waals surface area contributed by atoms with Crippen LogP contribution in [0.15, 0.2) is 6.20 Å². The lowest BCUT2D eigenvalue weighted by molar-refractivity contribution is -0.389. The third-order valence-corrected chi connectivity index (χ3v) is 0.946. The molecule has 0 saturated heterocycles. The molecule has 0 atom stereocenters. The molecule has 0 bridgehead atoms. The fourth-order valence-electron chi connectivity index (χ4n) is 0.522. The van der Waals surface area contributed by atoms with Crippen LogP contribution in [0.2, 0.25) is 0 Å². The van der Waals surface area contributed by atoms with Crippen molar-refractivity contribution in [2.24, 2.45) is 0 Å². The number of hydrogen-bond donors (Lipinski definition) is 0. The second-order valence-electron chi connectivity index (χ2n) is 1.69. The Morgan fingerprint density at radius 3 is 3.09 bits per heavy atom. The van der Waals surface area contributed by atoms with E-state index in [9.17, 15) is 10.1 Å². The average Bonchev–Trinajstić information content (AvgIpc) is 2.37. The molecule has 7 nitrogen and oxygen atoms in total. The van der Waals surface area contributed by atoms with E-state index in [0.717, 1.165) is 10.9 Å². The molecule has 0 amide bonds. The van der Waals surface area contributed by atoms with Crippen LogP contribution >= 0.6 is 0 Å². The molecule has 0 aliphatic carbocycles. The summed E-state index contributed by atoms with van der Waals surface area (Å²) in [5.74, 6) is -0.347. The molecular formula is C4H3N5O2. The molecule has 7 heteroatoms. The lowest BCUT2D eigenvalue weighted by Crippen LogP contribution is -1.95. The first-order valence-corrected chi connectivity index (χ1v) is 2.65. The van der Waals surface area contributed by atoms with E-state index >= 15 is 0 Å². The van der Waals surface area contributed by atoms with E-state index in [-0.39, 0.29) is 12.4 Å². The topological polar surface area (TPSA) is 97.6 Å². The van der Waals surface area contributed by atoms with Gasteiger partial charge in [-0.05, 0) is 4.92 Å². The maximum atomic E-state index is 10.0. The van der Waals surface area contributed by atoms with Crippen molar-refractivity contribution >= 4 is 5.82 Å². The summed E-state index contributed by atoms with van der Waals surface area (Å²) in [6.07, 6.45) is 1.10. The Hall–Kier alpha value is -1.97. The van der Waals surface area contributed by atoms with Gasteiger partial charge in [0.1, 0.15) is 17.8 Å². The fourth-order valence-corrected chi connectivity index (χ4v) is 0.522. The minimum Gasteiger partial charge on any atom is -0.358 e. The first kappa shape index (κ1) is 7.14. The molecule has 1 aromatic heterocycles. The first-order valence-electron chi connectivity index (χ1n) is 2.65. The zero-order chi connectivity index (χ0) is 8.27. The number of rotatable bonds is 2. The lowest BCUT2D eigenvalue weighted by atomic mass is 10.7. The van der Waals surface area contributed by atoms with Crippen LogP contribution in [0.3, 0.4) is 0 Å². The molecular weight excluding hydrogens is 150 g/mol. The van der Waals surface area contributed by atoms with Crippen molar-refractivity contribution in [3.05, 3.63) is 16.3 Å². The molecule has 56 valence electrons. The Balaban J connectivity index is 2.83. The molecule has 1 aromatic rings. The predicted molar refractivity (Wildman–Crippen MR) is 32.3 cm³/mol. The standard InChI is InChI=1S/C4H3N5O2/c5-1-2-8-3-4(6-7-8)9(10)11/h3H,2H2. The summed E-state index contributed by atoms with van der Waals surface area (Å²) in [5.41, 5.74) is 0. The number of aromatic nitrogens is 3. The van der Waals surface area contributed by atoms with Crippen molar-refractivity contribution in [2.75, 3.05) is 0 Å². The zero-order valence-corrected chi connectivity index (χ0v) is 5.34. The van der Waals surface area contributed by atoms with Gasteiger partial charge in [-0.2, -0.15) is 5.26 Å². The molecule has 0 aliphatic rings. The second-order valence-corrected chi connectivity index (χ2v) is 1.69. The van der Waals surface area contributed by atoms with Crippen molar-refractivity contribution in [3.63, 3.8) is 0 Å². The lowest BCUT2D eigenvalue weighted by Gasteiger charge is -1.83. The van der Waals surface area contributed by atoms with Crippen molar-refractivity contribution < 1.29 is 4.92 Å². The molecule has 0 aromatic carbocycles. The summed E-state index contributed by atoms with van der Waals surface area (Å²) in [6, 6.07) is 1.77. The maximum absolute atomic E-state index is 10.0. The Morgan fingerprint density at radius 2 is 2.64 bits per heavy atom. The Labute approximate surface area is 61.0 Å². The van der Waals surface area contributed by atoms with Crippen LogP contribution in [0.1, 0.15) is 0 Å². The summed E-state index contributed by atoms with van der Waals surface area (Å²) in [5, 5.41) is 24.7. The SMILES string of the molecule is N#CCn1cc([N+](=O)[O-])nn1. The van der Waals surface area contributed by atoms with E-state index < -0.39 is 4.92 Å². The van der Waals surface area contributed by atoms with Crippen LogP contribution in [0, 0.1) is 21.4 Å². The summed E-state index contributed by atoms with van der Waals surface area (Å²) in [7, 11) is 0. The van der Waals surface area contributed by atoms with Crippen LogP contribution in [0.5, 0.6) is 0 Å². The largest absolute Gasteiger partial charge is 0.410 e. The van der Waals surface area contributed by atoms with E-state index in [2.05, 4.69) is 10.3 Å². The minimum atomic E-state index is -0.666. The highest BCUT2D eigenvalue weighted by Crippen LogP contribution is 2.01. The van der Waals surface area contributed by atoms with Gasteiger partial charge in [0.25, 0.3) is 0 Å².